The summed E-state index contributed by atoms with van der Waals surface area (Å²) in [5.41, 5.74) is -1.49. The van der Waals surface area contributed by atoms with Crippen LogP contribution in [-0.4, -0.2) is 97.4 Å². The molecule has 0 bridgehead atoms. The molecule has 180 valence electrons. The molecule has 0 aromatic rings. The largest absolute Gasteiger partial charge is 0.478 e. The van der Waals surface area contributed by atoms with Gasteiger partial charge in [0, 0.05) is 19.2 Å². The number of hydrogen-bond acceptors (Lipinski definition) is 8. The van der Waals surface area contributed by atoms with Crippen LogP contribution < -0.4 is 0 Å². The fourth-order valence-electron chi connectivity index (χ4n) is 2.01. The van der Waals surface area contributed by atoms with Gasteiger partial charge >= 0.3 is 18.2 Å². The van der Waals surface area contributed by atoms with Crippen LogP contribution in [-0.2, 0) is 23.7 Å². The van der Waals surface area contributed by atoms with Crippen molar-refractivity contribution < 1.29 is 38.4 Å². The Morgan fingerprint density at radius 3 is 1.68 bits per heavy atom. The normalized spacial score (nSPS) is 12.3. The van der Waals surface area contributed by atoms with E-state index in [2.05, 4.69) is 0 Å². The number of hydrogen-bond donors (Lipinski definition) is 1. The molecule has 0 rings (SSSR count). The van der Waals surface area contributed by atoms with Crippen molar-refractivity contribution in [2.45, 2.75) is 52.7 Å². The molecule has 0 aromatic carbocycles. The van der Waals surface area contributed by atoms with E-state index in [9.17, 15) is 14.4 Å². The van der Waals surface area contributed by atoms with Gasteiger partial charge in [0.2, 0.25) is 0 Å². The van der Waals surface area contributed by atoms with E-state index in [0.29, 0.717) is 32.9 Å². The number of carboxylic acids is 1. The van der Waals surface area contributed by atoms with Crippen LogP contribution in [0.3, 0.4) is 0 Å². The highest BCUT2D eigenvalue weighted by Crippen LogP contribution is 2.14. The second-order valence-electron chi connectivity index (χ2n) is 8.84. The SMILES string of the molecule is CN(C/C=C/C(=O)O)CCOCCOCCN(C(=O)OC(C)(C)C)C(=O)OC(C)(C)C. The first-order valence-electron chi connectivity index (χ1n) is 10.2. The molecule has 0 fully saturated rings. The van der Waals surface area contributed by atoms with Crippen molar-refractivity contribution in [3.63, 3.8) is 0 Å². The predicted molar refractivity (Wildman–Crippen MR) is 115 cm³/mol. The molecule has 0 heterocycles. The maximum absolute atomic E-state index is 12.3. The van der Waals surface area contributed by atoms with Gasteiger partial charge in [-0.1, -0.05) is 6.08 Å². The van der Waals surface area contributed by atoms with Crippen LogP contribution in [0, 0.1) is 0 Å². The van der Waals surface area contributed by atoms with Gasteiger partial charge in [0.25, 0.3) is 0 Å². The van der Waals surface area contributed by atoms with Crippen LogP contribution in [0.5, 0.6) is 0 Å². The zero-order valence-electron chi connectivity index (χ0n) is 19.8. The number of carbonyl (C=O) groups excluding carboxylic acids is 2. The van der Waals surface area contributed by atoms with Crippen molar-refractivity contribution in [3.8, 4) is 0 Å². The molecule has 10 nitrogen and oxygen atoms in total. The molecule has 10 heteroatoms. The van der Waals surface area contributed by atoms with Gasteiger partial charge in [-0.3, -0.25) is 0 Å². The third-order valence-electron chi connectivity index (χ3n) is 3.35. The Morgan fingerprint density at radius 1 is 0.806 bits per heavy atom. The molecule has 0 saturated carbocycles. The van der Waals surface area contributed by atoms with E-state index < -0.39 is 29.4 Å². The lowest BCUT2D eigenvalue weighted by Gasteiger charge is -2.28. The molecule has 0 radical (unpaired) electrons. The summed E-state index contributed by atoms with van der Waals surface area (Å²) in [4.78, 5) is 37.9. The maximum atomic E-state index is 12.3. The van der Waals surface area contributed by atoms with Crippen LogP contribution in [0.25, 0.3) is 0 Å². The number of ether oxygens (including phenoxy) is 4. The first-order chi connectivity index (χ1) is 14.2. The molecule has 0 aliphatic rings. The molecule has 0 unspecified atom stereocenters. The summed E-state index contributed by atoms with van der Waals surface area (Å²) in [5.74, 6) is -0.973. The Hall–Kier alpha value is -2.17. The highest BCUT2D eigenvalue weighted by Gasteiger charge is 2.30. The standard InChI is InChI=1S/C21H38N2O8/c1-20(2,3)30-18(26)23(19(27)31-21(4,5)6)12-14-29-16-15-28-13-11-22(7)10-8-9-17(24)25/h8-9H,10-16H2,1-7H3,(H,24,25)/b9-8+. The van der Waals surface area contributed by atoms with Gasteiger partial charge < -0.3 is 29.0 Å². The molecular formula is C21H38N2O8. The zero-order chi connectivity index (χ0) is 24.1. The van der Waals surface area contributed by atoms with E-state index in [1.165, 1.54) is 0 Å². The zero-order valence-corrected chi connectivity index (χ0v) is 19.8. The Morgan fingerprint density at radius 2 is 1.26 bits per heavy atom. The number of carboxylic acid groups (broad SMARTS) is 1. The van der Waals surface area contributed by atoms with Gasteiger partial charge in [0.1, 0.15) is 11.2 Å². The monoisotopic (exact) mass is 446 g/mol. The van der Waals surface area contributed by atoms with Gasteiger partial charge in [0.05, 0.1) is 33.0 Å². The number of aliphatic carboxylic acids is 1. The van der Waals surface area contributed by atoms with Crippen LogP contribution in [0.15, 0.2) is 12.2 Å². The van der Waals surface area contributed by atoms with E-state index in [1.54, 1.807) is 47.6 Å². The van der Waals surface area contributed by atoms with Crippen LogP contribution >= 0.6 is 0 Å². The lowest BCUT2D eigenvalue weighted by atomic mass is 10.2. The Bertz CT molecular complexity index is 565. The van der Waals surface area contributed by atoms with Gasteiger partial charge in [-0.15, -0.1) is 0 Å². The number of imide groups is 1. The summed E-state index contributed by atoms with van der Waals surface area (Å²) in [6, 6.07) is 0. The Kier molecular flexibility index (Phi) is 13.0. The minimum atomic E-state index is -0.973. The highest BCUT2D eigenvalue weighted by atomic mass is 16.6. The lowest BCUT2D eigenvalue weighted by Crippen LogP contribution is -2.45. The average molecular weight is 447 g/mol. The molecule has 0 saturated heterocycles. The molecule has 0 aromatic heterocycles. The van der Waals surface area contributed by atoms with Crippen molar-refractivity contribution in [1.82, 2.24) is 9.80 Å². The number of rotatable bonds is 12. The van der Waals surface area contributed by atoms with Gasteiger partial charge in [-0.05, 0) is 48.6 Å². The molecule has 0 aliphatic heterocycles. The molecule has 1 N–H and O–H groups in total. The second kappa shape index (κ2) is 14.0. The van der Waals surface area contributed by atoms with Crippen molar-refractivity contribution in [2.24, 2.45) is 0 Å². The highest BCUT2D eigenvalue weighted by molar-refractivity contribution is 5.88. The lowest BCUT2D eigenvalue weighted by molar-refractivity contribution is -0.131. The maximum Gasteiger partial charge on any atom is 0.419 e. The summed E-state index contributed by atoms with van der Waals surface area (Å²) in [6.45, 7) is 12.6. The smallest absolute Gasteiger partial charge is 0.419 e. The fourth-order valence-corrected chi connectivity index (χ4v) is 2.01. The van der Waals surface area contributed by atoms with E-state index in [0.717, 1.165) is 11.0 Å². The number of likely N-dealkylation sites (N-methyl/N-ethyl adjacent to an activating group) is 1. The van der Waals surface area contributed by atoms with Crippen molar-refractivity contribution in [3.05, 3.63) is 12.2 Å². The fraction of sp³-hybridized carbons (Fsp3) is 0.762. The van der Waals surface area contributed by atoms with E-state index in [4.69, 9.17) is 24.1 Å². The Balaban J connectivity index is 4.25. The van der Waals surface area contributed by atoms with Crippen molar-refractivity contribution >= 4 is 18.2 Å². The topological polar surface area (TPSA) is 115 Å². The summed E-state index contributed by atoms with van der Waals surface area (Å²) in [5, 5.41) is 8.54. The van der Waals surface area contributed by atoms with Gasteiger partial charge in [-0.2, -0.15) is 0 Å². The van der Waals surface area contributed by atoms with Crippen molar-refractivity contribution in [1.29, 1.82) is 0 Å². The summed E-state index contributed by atoms with van der Waals surface area (Å²) >= 11 is 0. The summed E-state index contributed by atoms with van der Waals surface area (Å²) in [6.07, 6.45) is 1.08. The molecule has 0 atom stereocenters. The molecule has 0 spiro atoms. The Labute approximate surface area is 185 Å². The predicted octanol–water partition coefficient (Wildman–Crippen LogP) is 2.76. The summed E-state index contributed by atoms with van der Waals surface area (Å²) in [7, 11) is 1.86. The molecular weight excluding hydrogens is 408 g/mol. The number of amides is 2. The van der Waals surface area contributed by atoms with E-state index in [1.807, 2.05) is 11.9 Å². The quantitative estimate of drug-likeness (QED) is 0.357. The molecule has 2 amide bonds. The van der Waals surface area contributed by atoms with E-state index in [-0.39, 0.29) is 13.2 Å². The third kappa shape index (κ3) is 17.2. The van der Waals surface area contributed by atoms with Crippen LogP contribution in [0.1, 0.15) is 41.5 Å². The second-order valence-corrected chi connectivity index (χ2v) is 8.84. The van der Waals surface area contributed by atoms with Crippen LogP contribution in [0.2, 0.25) is 0 Å². The first-order valence-corrected chi connectivity index (χ1v) is 10.2. The average Bonchev–Trinajstić information content (AvgIpc) is 2.56. The van der Waals surface area contributed by atoms with Crippen LogP contribution in [0.4, 0.5) is 9.59 Å². The number of carbonyl (C=O) groups is 3. The summed E-state index contributed by atoms with van der Waals surface area (Å²) < 4.78 is 21.5. The van der Waals surface area contributed by atoms with Gasteiger partial charge in [-0.25, -0.2) is 19.3 Å². The van der Waals surface area contributed by atoms with Crippen molar-refractivity contribution in [2.75, 3.05) is 53.1 Å². The minimum absolute atomic E-state index is 0.0114. The van der Waals surface area contributed by atoms with Gasteiger partial charge in [0.15, 0.2) is 0 Å². The third-order valence-corrected chi connectivity index (χ3v) is 3.35. The number of nitrogens with zero attached hydrogens (tertiary/aromatic N) is 2. The molecule has 0 aliphatic carbocycles. The minimum Gasteiger partial charge on any atom is -0.478 e. The van der Waals surface area contributed by atoms with E-state index >= 15 is 0 Å². The first kappa shape index (κ1) is 28.8. The molecule has 31 heavy (non-hydrogen) atoms.